The molecule has 10 heteroatoms. The summed E-state index contributed by atoms with van der Waals surface area (Å²) in [5, 5.41) is 17.4. The van der Waals surface area contributed by atoms with Crippen molar-refractivity contribution in [2.45, 2.75) is 39.3 Å². The van der Waals surface area contributed by atoms with Gasteiger partial charge in [0, 0.05) is 18.9 Å². The van der Waals surface area contributed by atoms with Crippen LogP contribution in [0.2, 0.25) is 0 Å². The van der Waals surface area contributed by atoms with Crippen LogP contribution in [0.1, 0.15) is 27.2 Å². The predicted octanol–water partition coefficient (Wildman–Crippen LogP) is -0.346. The Morgan fingerprint density at radius 3 is 2.15 bits per heavy atom. The summed E-state index contributed by atoms with van der Waals surface area (Å²) in [5.74, 6) is -0.481. The molecule has 156 valence electrons. The van der Waals surface area contributed by atoms with E-state index in [1.807, 2.05) is 13.8 Å². The fourth-order valence-corrected chi connectivity index (χ4v) is 1.07. The van der Waals surface area contributed by atoms with Gasteiger partial charge in [-0.2, -0.15) is 12.6 Å². The second-order valence-corrected chi connectivity index (χ2v) is 4.46. The normalized spacial score (nSPS) is 11.1. The van der Waals surface area contributed by atoms with E-state index < -0.39 is 18.0 Å². The summed E-state index contributed by atoms with van der Waals surface area (Å²) in [6, 6.07) is -0.0602. The lowest BCUT2D eigenvalue weighted by Crippen LogP contribution is -2.32. The van der Waals surface area contributed by atoms with E-state index in [1.165, 1.54) is 7.11 Å². The Morgan fingerprint density at radius 1 is 1.31 bits per heavy atom. The van der Waals surface area contributed by atoms with Crippen LogP contribution in [0.4, 0.5) is 0 Å². The molecule has 0 aliphatic heterocycles. The maximum Gasteiger partial charge on any atom is 0.325 e. The summed E-state index contributed by atoms with van der Waals surface area (Å²) >= 11 is 3.94. The van der Waals surface area contributed by atoms with Crippen LogP contribution >= 0.6 is 12.6 Å². The minimum atomic E-state index is -0.655. The second-order valence-electron chi connectivity index (χ2n) is 4.10. The third kappa shape index (κ3) is 30.3. The Labute approximate surface area is 161 Å². The van der Waals surface area contributed by atoms with Gasteiger partial charge in [0.15, 0.2) is 0 Å². The Morgan fingerprint density at radius 2 is 1.81 bits per heavy atom. The van der Waals surface area contributed by atoms with Gasteiger partial charge in [0.25, 0.3) is 6.47 Å². The molecule has 0 aromatic heterocycles. The van der Waals surface area contributed by atoms with Gasteiger partial charge in [0.05, 0.1) is 20.1 Å². The van der Waals surface area contributed by atoms with Crippen molar-refractivity contribution < 1.29 is 34.1 Å². The van der Waals surface area contributed by atoms with E-state index in [2.05, 4.69) is 27.4 Å². The van der Waals surface area contributed by atoms with Crippen LogP contribution < -0.4 is 11.1 Å². The molecular weight excluding hydrogens is 364 g/mol. The first kappa shape index (κ1) is 32.1. The molecule has 0 aromatic carbocycles. The summed E-state index contributed by atoms with van der Waals surface area (Å²) < 4.78 is 9.02. The van der Waals surface area contributed by atoms with Gasteiger partial charge in [-0.15, -0.1) is 0 Å². The number of aliphatic hydroxyl groups excluding tert-OH is 2. The molecule has 9 nitrogen and oxygen atoms in total. The van der Waals surface area contributed by atoms with Crippen molar-refractivity contribution >= 4 is 31.0 Å². The average molecular weight is 399 g/mol. The number of ether oxygens (including phenoxy) is 2. The average Bonchev–Trinajstić information content (AvgIpc) is 2.67. The first-order chi connectivity index (χ1) is 12.4. The van der Waals surface area contributed by atoms with Crippen LogP contribution in [0.5, 0.6) is 0 Å². The zero-order valence-corrected chi connectivity index (χ0v) is 17.1. The van der Waals surface area contributed by atoms with Crippen molar-refractivity contribution in [1.82, 2.24) is 5.32 Å². The number of rotatable bonds is 9. The highest BCUT2D eigenvalue weighted by Gasteiger charge is 2.12. The smallest absolute Gasteiger partial charge is 0.325 e. The highest BCUT2D eigenvalue weighted by atomic mass is 32.1. The van der Waals surface area contributed by atoms with Crippen molar-refractivity contribution in [2.75, 3.05) is 33.1 Å². The Hall–Kier alpha value is -1.62. The third-order valence-electron chi connectivity index (χ3n) is 2.02. The van der Waals surface area contributed by atoms with Gasteiger partial charge < -0.3 is 30.7 Å². The number of nitrogens with one attached hydrogen (secondary N) is 1. The molecule has 26 heavy (non-hydrogen) atoms. The van der Waals surface area contributed by atoms with Gasteiger partial charge in [-0.05, 0) is 13.0 Å². The minimum Gasteiger partial charge on any atom is -0.468 e. The van der Waals surface area contributed by atoms with Gasteiger partial charge in [0.2, 0.25) is 5.91 Å². The lowest BCUT2D eigenvalue weighted by atomic mass is 10.2. The van der Waals surface area contributed by atoms with E-state index in [-0.39, 0.29) is 32.1 Å². The first-order valence-corrected chi connectivity index (χ1v) is 8.55. The highest BCUT2D eigenvalue weighted by molar-refractivity contribution is 7.80. The molecule has 0 fully saturated rings. The number of hydrogen-bond donors (Lipinski definition) is 5. The van der Waals surface area contributed by atoms with Crippen molar-refractivity contribution in [1.29, 1.82) is 0 Å². The van der Waals surface area contributed by atoms with Crippen LogP contribution in [0.3, 0.4) is 0 Å². The number of carbonyl (C=O) groups is 3. The Kier molecular flexibility index (Phi) is 34.8. The summed E-state index contributed by atoms with van der Waals surface area (Å²) in [6.07, 6.45) is 2.50. The first-order valence-electron chi connectivity index (χ1n) is 7.92. The second kappa shape index (κ2) is 28.2. The van der Waals surface area contributed by atoms with Gasteiger partial charge in [-0.3, -0.25) is 14.4 Å². The largest absolute Gasteiger partial charge is 0.468 e. The topological polar surface area (TPSA) is 148 Å². The number of nitrogens with two attached hydrogens (primary N) is 1. The van der Waals surface area contributed by atoms with E-state index in [4.69, 9.17) is 15.9 Å². The maximum absolute atomic E-state index is 11.3. The number of hydrogen-bond acceptors (Lipinski definition) is 9. The molecule has 5 N–H and O–H groups in total. The van der Waals surface area contributed by atoms with E-state index in [1.54, 1.807) is 19.1 Å². The summed E-state index contributed by atoms with van der Waals surface area (Å²) in [5.41, 5.74) is 5.04. The molecule has 0 bridgehead atoms. The van der Waals surface area contributed by atoms with Crippen molar-refractivity contribution in [3.63, 3.8) is 0 Å². The lowest BCUT2D eigenvalue weighted by molar-refractivity contribution is -0.142. The molecule has 0 rings (SSSR count). The van der Waals surface area contributed by atoms with Crippen LogP contribution in [-0.2, 0) is 23.9 Å². The molecule has 0 aliphatic rings. The number of thiol groups is 1. The number of aliphatic hydroxyl groups is 2. The monoisotopic (exact) mass is 398 g/mol. The Balaban J connectivity index is -0.000000226. The zero-order chi connectivity index (χ0) is 21.4. The summed E-state index contributed by atoms with van der Waals surface area (Å²) in [6.45, 7) is 5.89. The van der Waals surface area contributed by atoms with Crippen LogP contribution in [0.15, 0.2) is 12.2 Å². The molecule has 0 aromatic rings. The van der Waals surface area contributed by atoms with E-state index in [9.17, 15) is 14.4 Å². The summed E-state index contributed by atoms with van der Waals surface area (Å²) in [4.78, 5) is 32.3. The third-order valence-corrected chi connectivity index (χ3v) is 2.23. The van der Waals surface area contributed by atoms with Crippen LogP contribution in [0, 0.1) is 0 Å². The van der Waals surface area contributed by atoms with Crippen LogP contribution in [-0.4, -0.2) is 73.8 Å². The minimum absolute atomic E-state index is 0.0555. The van der Waals surface area contributed by atoms with Gasteiger partial charge >= 0.3 is 5.97 Å². The standard InChI is InChI=1S/C10H15NO5S.C3H9NO.C2H6.CH4O/c1-15-10(14)6-11-9(13)5-8(16-7-12)3-2-4-17;1-3(4)2-5;2*1-2/h2-3,7-8,17H,4-6H2,1H3,(H,11,13);3,5H,2,4H2,1H3;1-2H3;2H,1H3/b3-2+;;;. The van der Waals surface area contributed by atoms with E-state index >= 15 is 0 Å². The zero-order valence-electron chi connectivity index (χ0n) is 16.2. The van der Waals surface area contributed by atoms with Crippen LogP contribution in [0.25, 0.3) is 0 Å². The predicted molar refractivity (Wildman–Crippen MR) is 104 cm³/mol. The summed E-state index contributed by atoms with van der Waals surface area (Å²) in [7, 11) is 2.22. The molecular formula is C16H34N2O7S. The SMILES string of the molecule is CC.CC(N)CO.CO.COC(=O)CNC(=O)CC(/C=C/CS)OC=O. The van der Waals surface area contributed by atoms with E-state index in [0.717, 1.165) is 7.11 Å². The Bertz CT molecular complexity index is 353. The number of esters is 1. The molecule has 2 atom stereocenters. The lowest BCUT2D eigenvalue weighted by Gasteiger charge is -2.10. The van der Waals surface area contributed by atoms with Crippen molar-refractivity contribution in [3.8, 4) is 0 Å². The molecule has 0 saturated carbocycles. The number of amides is 1. The molecule has 1 amide bonds. The maximum atomic E-state index is 11.3. The number of carbonyl (C=O) groups excluding carboxylic acids is 3. The molecule has 0 spiro atoms. The molecule has 0 aliphatic carbocycles. The molecule has 0 radical (unpaired) electrons. The van der Waals surface area contributed by atoms with Gasteiger partial charge in [-0.25, -0.2) is 0 Å². The molecule has 0 saturated heterocycles. The fraction of sp³-hybridized carbons (Fsp3) is 0.688. The quantitative estimate of drug-likeness (QED) is 0.153. The highest BCUT2D eigenvalue weighted by Crippen LogP contribution is 2.00. The van der Waals surface area contributed by atoms with Gasteiger partial charge in [0.1, 0.15) is 12.6 Å². The van der Waals surface area contributed by atoms with Gasteiger partial charge in [-0.1, -0.05) is 19.9 Å². The molecule has 0 heterocycles. The molecule has 2 unspecified atom stereocenters. The number of methoxy groups -OCH3 is 1. The van der Waals surface area contributed by atoms with E-state index in [0.29, 0.717) is 5.75 Å². The van der Waals surface area contributed by atoms with Crippen molar-refractivity contribution in [2.24, 2.45) is 5.73 Å². The fourth-order valence-electron chi connectivity index (χ4n) is 0.943. The van der Waals surface area contributed by atoms with Crippen molar-refractivity contribution in [3.05, 3.63) is 12.2 Å².